The van der Waals surface area contributed by atoms with Crippen molar-refractivity contribution in [2.75, 3.05) is 7.05 Å². The second kappa shape index (κ2) is 11.1. The molecular formula is C46H35N5. The lowest BCUT2D eigenvalue weighted by molar-refractivity contribution is 0.382. The lowest BCUT2D eigenvalue weighted by Gasteiger charge is -2.32. The highest BCUT2D eigenvalue weighted by atomic mass is 15.3. The predicted octanol–water partition coefficient (Wildman–Crippen LogP) is 10.5. The molecule has 0 N–H and O–H groups in total. The normalized spacial score (nSPS) is 16.3. The molecule has 0 spiro atoms. The summed E-state index contributed by atoms with van der Waals surface area (Å²) >= 11 is 0. The van der Waals surface area contributed by atoms with Crippen LogP contribution in [0.1, 0.15) is 48.0 Å². The zero-order valence-corrected chi connectivity index (χ0v) is 28.7. The van der Waals surface area contributed by atoms with E-state index in [0.29, 0.717) is 5.84 Å². The molecule has 5 heteroatoms. The lowest BCUT2D eigenvalue weighted by Crippen LogP contribution is -2.35. The summed E-state index contributed by atoms with van der Waals surface area (Å²) in [6.07, 6.45) is 1.73. The van der Waals surface area contributed by atoms with Gasteiger partial charge in [-0.15, -0.1) is 0 Å². The van der Waals surface area contributed by atoms with E-state index < -0.39 is 0 Å². The molecule has 0 radical (unpaired) electrons. The van der Waals surface area contributed by atoms with Crippen molar-refractivity contribution in [1.82, 2.24) is 14.5 Å². The maximum atomic E-state index is 5.19. The average Bonchev–Trinajstić information content (AvgIpc) is 3.62. The minimum Gasteiger partial charge on any atom is -0.333 e. The largest absolute Gasteiger partial charge is 0.333 e. The Morgan fingerprint density at radius 2 is 1.37 bits per heavy atom. The quantitative estimate of drug-likeness (QED) is 0.189. The Labute approximate surface area is 296 Å². The van der Waals surface area contributed by atoms with E-state index in [0.717, 1.165) is 33.9 Å². The zero-order valence-electron chi connectivity index (χ0n) is 28.7. The summed E-state index contributed by atoms with van der Waals surface area (Å²) in [5, 5.41) is 4.86. The number of hydrogen-bond acceptors (Lipinski definition) is 4. The van der Waals surface area contributed by atoms with Crippen molar-refractivity contribution in [2.24, 2.45) is 9.98 Å². The summed E-state index contributed by atoms with van der Waals surface area (Å²) in [6, 6.07) is 51.9. The van der Waals surface area contributed by atoms with Crippen molar-refractivity contribution >= 4 is 44.2 Å². The van der Waals surface area contributed by atoms with Gasteiger partial charge in [-0.3, -0.25) is 4.98 Å². The smallest absolute Gasteiger partial charge is 0.178 e. The van der Waals surface area contributed by atoms with Gasteiger partial charge < -0.3 is 9.47 Å². The van der Waals surface area contributed by atoms with Gasteiger partial charge in [0.05, 0.1) is 22.9 Å². The molecular weight excluding hydrogens is 623 g/mol. The maximum Gasteiger partial charge on any atom is 0.178 e. The van der Waals surface area contributed by atoms with Crippen LogP contribution in [0.5, 0.6) is 0 Å². The number of pyridine rings is 1. The van der Waals surface area contributed by atoms with Crippen molar-refractivity contribution in [2.45, 2.75) is 25.4 Å². The van der Waals surface area contributed by atoms with Gasteiger partial charge >= 0.3 is 0 Å². The molecule has 1 aliphatic heterocycles. The number of fused-ring (bicyclic) bond motifs is 7. The minimum absolute atomic E-state index is 0.0914. The lowest BCUT2D eigenvalue weighted by atomic mass is 9.82. The van der Waals surface area contributed by atoms with Gasteiger partial charge in [0.15, 0.2) is 12.0 Å². The highest BCUT2D eigenvalue weighted by Crippen LogP contribution is 2.51. The molecule has 1 atom stereocenters. The van der Waals surface area contributed by atoms with Gasteiger partial charge in [-0.2, -0.15) is 0 Å². The third-order valence-corrected chi connectivity index (χ3v) is 10.9. The first-order valence-electron chi connectivity index (χ1n) is 17.5. The van der Waals surface area contributed by atoms with Crippen LogP contribution in [0.2, 0.25) is 0 Å². The van der Waals surface area contributed by atoms with Crippen molar-refractivity contribution in [3.8, 4) is 16.8 Å². The van der Waals surface area contributed by atoms with Gasteiger partial charge in [-0.05, 0) is 75.0 Å². The van der Waals surface area contributed by atoms with Crippen LogP contribution in [0.15, 0.2) is 162 Å². The minimum atomic E-state index is -0.242. The van der Waals surface area contributed by atoms with Crippen molar-refractivity contribution < 1.29 is 0 Å². The van der Waals surface area contributed by atoms with Crippen molar-refractivity contribution in [3.63, 3.8) is 0 Å². The van der Waals surface area contributed by atoms with Gasteiger partial charge in [0.1, 0.15) is 11.5 Å². The molecule has 2 aliphatic rings. The molecule has 2 aromatic heterocycles. The standard InChI is InChI=1S/C46H35N5/c1-46(2)38-19-11-9-17-34(38)36-26-37-35-18-10-12-20-41(35)51(42(37)27-39(36)46)33-23-24-40(47-28-33)43-48-44(30-14-5-4-6-15-30)50(3)45(49-43)32-22-21-29-13-7-8-16-31(29)25-32/h4-28,44H,1-3H3. The van der Waals surface area contributed by atoms with E-state index in [1.54, 1.807) is 0 Å². The van der Waals surface area contributed by atoms with E-state index in [1.165, 1.54) is 49.3 Å². The Bertz CT molecular complexity index is 2730. The van der Waals surface area contributed by atoms with E-state index in [1.807, 2.05) is 12.3 Å². The van der Waals surface area contributed by atoms with Crippen LogP contribution in [-0.2, 0) is 5.41 Å². The number of hydrogen-bond donors (Lipinski definition) is 0. The third-order valence-electron chi connectivity index (χ3n) is 10.9. The number of rotatable bonds is 4. The fraction of sp³-hybridized carbons (Fsp3) is 0.109. The summed E-state index contributed by atoms with van der Waals surface area (Å²) in [5.74, 6) is 1.49. The molecule has 0 amide bonds. The number of aliphatic imine (C=N–C) groups is 2. The van der Waals surface area contributed by atoms with E-state index in [2.05, 4.69) is 170 Å². The monoisotopic (exact) mass is 657 g/mol. The second-order valence-electron chi connectivity index (χ2n) is 14.2. The molecule has 0 saturated heterocycles. The van der Waals surface area contributed by atoms with Crippen LogP contribution in [-0.4, -0.2) is 33.2 Å². The van der Waals surface area contributed by atoms with Crippen LogP contribution >= 0.6 is 0 Å². The first kappa shape index (κ1) is 29.6. The molecule has 1 unspecified atom stereocenters. The molecule has 6 aromatic carbocycles. The SMILES string of the molecule is CN1C(c2ccc3ccccc3c2)=NC(c2ccc(-n3c4ccccc4c4cc5c(cc43)C(C)(C)c3ccccc3-5)cn2)=NC1c1ccccc1. The number of para-hydroxylation sites is 1. The Hall–Kier alpha value is -6.33. The fourth-order valence-electron chi connectivity index (χ4n) is 8.26. The molecule has 0 fully saturated rings. The van der Waals surface area contributed by atoms with Gasteiger partial charge in [-0.25, -0.2) is 9.98 Å². The first-order valence-corrected chi connectivity index (χ1v) is 17.5. The van der Waals surface area contributed by atoms with Crippen LogP contribution in [0, 0.1) is 0 Å². The van der Waals surface area contributed by atoms with Gasteiger partial charge in [0.25, 0.3) is 0 Å². The molecule has 0 bridgehead atoms. The average molecular weight is 658 g/mol. The number of amidine groups is 2. The molecule has 3 heterocycles. The molecule has 8 aromatic rings. The van der Waals surface area contributed by atoms with Crippen molar-refractivity contribution in [1.29, 1.82) is 0 Å². The number of aromatic nitrogens is 2. The van der Waals surface area contributed by atoms with Crippen molar-refractivity contribution in [3.05, 3.63) is 180 Å². The summed E-state index contributed by atoms with van der Waals surface area (Å²) in [4.78, 5) is 17.6. The van der Waals surface area contributed by atoms with E-state index >= 15 is 0 Å². The van der Waals surface area contributed by atoms with Gasteiger partial charge in [-0.1, -0.05) is 123 Å². The molecule has 244 valence electrons. The van der Waals surface area contributed by atoms with E-state index in [4.69, 9.17) is 15.0 Å². The highest BCUT2D eigenvalue weighted by Gasteiger charge is 2.36. The van der Waals surface area contributed by atoms with Crippen LogP contribution in [0.25, 0.3) is 49.4 Å². The summed E-state index contributed by atoms with van der Waals surface area (Å²) < 4.78 is 2.35. The Morgan fingerprint density at radius 3 is 2.22 bits per heavy atom. The maximum absolute atomic E-state index is 5.19. The van der Waals surface area contributed by atoms with E-state index in [9.17, 15) is 0 Å². The topological polar surface area (TPSA) is 45.8 Å². The van der Waals surface area contributed by atoms with Gasteiger partial charge in [0.2, 0.25) is 0 Å². The van der Waals surface area contributed by atoms with E-state index in [-0.39, 0.29) is 11.6 Å². The molecule has 0 saturated carbocycles. The molecule has 51 heavy (non-hydrogen) atoms. The fourth-order valence-corrected chi connectivity index (χ4v) is 8.26. The molecule has 10 rings (SSSR count). The van der Waals surface area contributed by atoms with Crippen LogP contribution < -0.4 is 0 Å². The first-order chi connectivity index (χ1) is 25.0. The Balaban J connectivity index is 1.11. The molecule has 5 nitrogen and oxygen atoms in total. The number of nitrogens with zero attached hydrogens (tertiary/aromatic N) is 5. The second-order valence-corrected chi connectivity index (χ2v) is 14.2. The Kier molecular flexibility index (Phi) is 6.43. The number of benzene rings is 6. The summed E-state index contributed by atoms with van der Waals surface area (Å²) in [7, 11) is 2.07. The van der Waals surface area contributed by atoms with Gasteiger partial charge in [0, 0.05) is 28.8 Å². The summed E-state index contributed by atoms with van der Waals surface area (Å²) in [6.45, 7) is 4.68. The van der Waals surface area contributed by atoms with Crippen LogP contribution in [0.3, 0.4) is 0 Å². The predicted molar refractivity (Wildman–Crippen MR) is 210 cm³/mol. The summed E-state index contributed by atoms with van der Waals surface area (Å²) in [5.41, 5.74) is 11.5. The molecule has 1 aliphatic carbocycles. The third kappa shape index (κ3) is 4.51. The van der Waals surface area contributed by atoms with Crippen LogP contribution in [0.4, 0.5) is 0 Å². The zero-order chi connectivity index (χ0) is 34.3. The highest BCUT2D eigenvalue weighted by molar-refractivity contribution is 6.14. The Morgan fingerprint density at radius 1 is 0.608 bits per heavy atom.